The monoisotopic (exact) mass is 341 g/mol. The highest BCUT2D eigenvalue weighted by molar-refractivity contribution is 7.11. The van der Waals surface area contributed by atoms with Crippen LogP contribution in [0.4, 0.5) is 0 Å². The van der Waals surface area contributed by atoms with Crippen LogP contribution in [0.1, 0.15) is 29.2 Å². The molecule has 21 heavy (non-hydrogen) atoms. The Hall–Kier alpha value is -0.540. The standard InChI is InChI=1S/C17H21Cl2NS/c1-3-13-8-9-14(21-13)10-12(20-4-2)11-15-16(18)6-5-7-17(15)19/h5-9,12,20H,3-4,10-11H2,1-2H3. The van der Waals surface area contributed by atoms with Crippen LogP contribution in [0.15, 0.2) is 30.3 Å². The lowest BCUT2D eigenvalue weighted by Gasteiger charge is -2.18. The Labute approximate surface area is 141 Å². The van der Waals surface area contributed by atoms with Gasteiger partial charge in [-0.1, -0.05) is 43.1 Å². The summed E-state index contributed by atoms with van der Waals surface area (Å²) in [5.74, 6) is 0. The van der Waals surface area contributed by atoms with Crippen molar-refractivity contribution in [3.05, 3.63) is 55.7 Å². The second kappa shape index (κ2) is 8.19. The number of hydrogen-bond acceptors (Lipinski definition) is 2. The lowest BCUT2D eigenvalue weighted by molar-refractivity contribution is 0.524. The summed E-state index contributed by atoms with van der Waals surface area (Å²) in [4.78, 5) is 2.86. The van der Waals surface area contributed by atoms with Gasteiger partial charge < -0.3 is 5.32 Å². The van der Waals surface area contributed by atoms with Gasteiger partial charge in [0.15, 0.2) is 0 Å². The van der Waals surface area contributed by atoms with Gasteiger partial charge in [-0.15, -0.1) is 11.3 Å². The van der Waals surface area contributed by atoms with Gasteiger partial charge in [-0.2, -0.15) is 0 Å². The van der Waals surface area contributed by atoms with E-state index in [9.17, 15) is 0 Å². The van der Waals surface area contributed by atoms with Crippen LogP contribution in [0.3, 0.4) is 0 Å². The summed E-state index contributed by atoms with van der Waals surface area (Å²) in [6.07, 6.45) is 2.97. The predicted molar refractivity (Wildman–Crippen MR) is 95.0 cm³/mol. The summed E-state index contributed by atoms with van der Waals surface area (Å²) < 4.78 is 0. The van der Waals surface area contributed by atoms with Crippen LogP contribution in [-0.2, 0) is 19.3 Å². The summed E-state index contributed by atoms with van der Waals surface area (Å²) in [6, 6.07) is 10.5. The third kappa shape index (κ3) is 4.72. The molecular formula is C17H21Cl2NS. The van der Waals surface area contributed by atoms with E-state index in [4.69, 9.17) is 23.2 Å². The average molecular weight is 342 g/mol. The highest BCUT2D eigenvalue weighted by atomic mass is 35.5. The Morgan fingerprint density at radius 2 is 1.67 bits per heavy atom. The van der Waals surface area contributed by atoms with Crippen molar-refractivity contribution in [3.63, 3.8) is 0 Å². The minimum atomic E-state index is 0.357. The molecule has 0 saturated carbocycles. The van der Waals surface area contributed by atoms with Crippen molar-refractivity contribution in [3.8, 4) is 0 Å². The third-order valence-electron chi connectivity index (χ3n) is 3.52. The molecule has 2 aromatic rings. The molecule has 0 amide bonds. The number of halogens is 2. The molecule has 4 heteroatoms. The summed E-state index contributed by atoms with van der Waals surface area (Å²) in [5, 5.41) is 5.06. The van der Waals surface area contributed by atoms with Crippen molar-refractivity contribution in [2.24, 2.45) is 0 Å². The molecule has 1 atom stereocenters. The Morgan fingerprint density at radius 3 is 2.24 bits per heavy atom. The number of aryl methyl sites for hydroxylation is 1. The molecule has 1 aromatic heterocycles. The first kappa shape index (κ1) is 16.8. The van der Waals surface area contributed by atoms with Gasteiger partial charge in [-0.05, 0) is 55.6 Å². The molecule has 0 bridgehead atoms. The maximum absolute atomic E-state index is 6.29. The topological polar surface area (TPSA) is 12.0 Å². The van der Waals surface area contributed by atoms with Gasteiger partial charge >= 0.3 is 0 Å². The van der Waals surface area contributed by atoms with Crippen molar-refractivity contribution < 1.29 is 0 Å². The normalized spacial score (nSPS) is 12.6. The Bertz CT molecular complexity index is 560. The van der Waals surface area contributed by atoms with E-state index >= 15 is 0 Å². The fourth-order valence-corrected chi connectivity index (χ4v) is 4.03. The molecule has 114 valence electrons. The number of hydrogen-bond donors (Lipinski definition) is 1. The van der Waals surface area contributed by atoms with Crippen molar-refractivity contribution in [1.82, 2.24) is 5.32 Å². The van der Waals surface area contributed by atoms with E-state index in [1.165, 1.54) is 9.75 Å². The molecule has 0 spiro atoms. The van der Waals surface area contributed by atoms with Crippen molar-refractivity contribution in [2.75, 3.05) is 6.54 Å². The first-order chi connectivity index (χ1) is 10.1. The van der Waals surface area contributed by atoms with Crippen LogP contribution in [-0.4, -0.2) is 12.6 Å². The predicted octanol–water partition coefficient (Wildman–Crippen LogP) is 5.38. The Balaban J connectivity index is 2.11. The molecule has 1 heterocycles. The fourth-order valence-electron chi connectivity index (χ4n) is 2.44. The number of rotatable bonds is 7. The molecule has 1 aromatic carbocycles. The van der Waals surface area contributed by atoms with Gasteiger partial charge in [-0.3, -0.25) is 0 Å². The minimum absolute atomic E-state index is 0.357. The van der Waals surface area contributed by atoms with E-state index in [0.29, 0.717) is 6.04 Å². The zero-order chi connectivity index (χ0) is 15.2. The SMILES string of the molecule is CCNC(Cc1ccc(CC)s1)Cc1c(Cl)cccc1Cl. The number of likely N-dealkylation sites (N-methyl/N-ethyl adjacent to an activating group) is 1. The summed E-state index contributed by atoms with van der Waals surface area (Å²) in [7, 11) is 0. The van der Waals surface area contributed by atoms with Gasteiger partial charge in [0.25, 0.3) is 0 Å². The first-order valence-electron chi connectivity index (χ1n) is 7.37. The Morgan fingerprint density at radius 1 is 1.00 bits per heavy atom. The molecule has 1 nitrogen and oxygen atoms in total. The molecule has 0 aliphatic rings. The van der Waals surface area contributed by atoms with Gasteiger partial charge in [0, 0.05) is 25.8 Å². The van der Waals surface area contributed by atoms with Gasteiger partial charge in [-0.25, -0.2) is 0 Å². The van der Waals surface area contributed by atoms with Crippen molar-refractivity contribution >= 4 is 34.5 Å². The highest BCUT2D eigenvalue weighted by Gasteiger charge is 2.15. The molecule has 0 radical (unpaired) electrons. The lowest BCUT2D eigenvalue weighted by Crippen LogP contribution is -2.33. The molecule has 1 unspecified atom stereocenters. The summed E-state index contributed by atoms with van der Waals surface area (Å²) >= 11 is 14.5. The molecule has 2 rings (SSSR count). The zero-order valence-corrected chi connectivity index (χ0v) is 14.8. The highest BCUT2D eigenvalue weighted by Crippen LogP contribution is 2.27. The maximum Gasteiger partial charge on any atom is 0.0453 e. The molecule has 0 fully saturated rings. The maximum atomic E-state index is 6.29. The molecule has 0 aliphatic carbocycles. The Kier molecular flexibility index (Phi) is 6.56. The van der Waals surface area contributed by atoms with Gasteiger partial charge in [0.1, 0.15) is 0 Å². The first-order valence-corrected chi connectivity index (χ1v) is 8.95. The number of thiophene rings is 1. The largest absolute Gasteiger partial charge is 0.314 e. The average Bonchev–Trinajstić information content (AvgIpc) is 2.91. The van der Waals surface area contributed by atoms with Crippen LogP contribution < -0.4 is 5.32 Å². The van der Waals surface area contributed by atoms with Crippen LogP contribution in [0.25, 0.3) is 0 Å². The van der Waals surface area contributed by atoms with Gasteiger partial charge in [0.05, 0.1) is 0 Å². The molecule has 1 N–H and O–H groups in total. The second-order valence-electron chi connectivity index (χ2n) is 5.08. The summed E-state index contributed by atoms with van der Waals surface area (Å²) in [5.41, 5.74) is 1.04. The van der Waals surface area contributed by atoms with E-state index in [0.717, 1.165) is 41.4 Å². The number of benzene rings is 1. The second-order valence-corrected chi connectivity index (χ2v) is 7.15. The van der Waals surface area contributed by atoms with Crippen molar-refractivity contribution in [2.45, 2.75) is 39.2 Å². The summed E-state index contributed by atoms with van der Waals surface area (Å²) in [6.45, 7) is 5.27. The number of nitrogens with one attached hydrogen (secondary N) is 1. The van der Waals surface area contributed by atoms with Crippen LogP contribution in [0.2, 0.25) is 10.0 Å². The van der Waals surface area contributed by atoms with E-state index in [1.54, 1.807) is 0 Å². The quantitative estimate of drug-likeness (QED) is 0.712. The van der Waals surface area contributed by atoms with E-state index < -0.39 is 0 Å². The fraction of sp³-hybridized carbons (Fsp3) is 0.412. The molecule has 0 aliphatic heterocycles. The van der Waals surface area contributed by atoms with Crippen LogP contribution in [0, 0.1) is 0 Å². The lowest BCUT2D eigenvalue weighted by atomic mass is 10.0. The zero-order valence-electron chi connectivity index (χ0n) is 12.5. The van der Waals surface area contributed by atoms with E-state index in [-0.39, 0.29) is 0 Å². The third-order valence-corrected chi connectivity index (χ3v) is 5.48. The van der Waals surface area contributed by atoms with Gasteiger partial charge in [0.2, 0.25) is 0 Å². The van der Waals surface area contributed by atoms with Crippen LogP contribution >= 0.6 is 34.5 Å². The molecular weight excluding hydrogens is 321 g/mol. The molecule has 0 saturated heterocycles. The van der Waals surface area contributed by atoms with E-state index in [1.807, 2.05) is 29.5 Å². The smallest absolute Gasteiger partial charge is 0.0453 e. The van der Waals surface area contributed by atoms with E-state index in [2.05, 4.69) is 31.3 Å². The van der Waals surface area contributed by atoms with Crippen molar-refractivity contribution in [1.29, 1.82) is 0 Å². The minimum Gasteiger partial charge on any atom is -0.314 e. The van der Waals surface area contributed by atoms with Crippen LogP contribution in [0.5, 0.6) is 0 Å².